The fourth-order valence-electron chi connectivity index (χ4n) is 3.66. The van der Waals surface area contributed by atoms with Crippen molar-refractivity contribution in [1.82, 2.24) is 20.3 Å². The van der Waals surface area contributed by atoms with E-state index in [-0.39, 0.29) is 36.0 Å². The van der Waals surface area contributed by atoms with Crippen molar-refractivity contribution < 1.29 is 18.7 Å². The van der Waals surface area contributed by atoms with Gasteiger partial charge in [0.1, 0.15) is 23.9 Å². The molecular weight excluding hydrogens is 348 g/mol. The Kier molecular flexibility index (Phi) is 3.99. The lowest BCUT2D eigenvalue weighted by Crippen LogP contribution is -2.44. The lowest BCUT2D eigenvalue weighted by molar-refractivity contribution is 0.0612. The average molecular weight is 366 g/mol. The smallest absolute Gasteiger partial charge is 0.287 e. The van der Waals surface area contributed by atoms with Gasteiger partial charge in [0.2, 0.25) is 0 Å². The van der Waals surface area contributed by atoms with Gasteiger partial charge >= 0.3 is 0 Å². The summed E-state index contributed by atoms with van der Waals surface area (Å²) in [5, 5.41) is 11.5. The number of carbonyl (C=O) groups excluding carboxylic acids is 1. The van der Waals surface area contributed by atoms with Crippen molar-refractivity contribution in [2.45, 2.75) is 24.3 Å². The van der Waals surface area contributed by atoms with Crippen LogP contribution in [0.3, 0.4) is 0 Å². The second kappa shape index (κ2) is 6.64. The number of fused-ring (bicyclic) bond motifs is 1. The van der Waals surface area contributed by atoms with Crippen LogP contribution >= 0.6 is 0 Å². The Bertz CT molecular complexity index is 924. The van der Waals surface area contributed by atoms with E-state index in [1.54, 1.807) is 16.8 Å². The number of hydrogen-bond acceptors (Lipinski definition) is 6. The van der Waals surface area contributed by atoms with Crippen molar-refractivity contribution in [2.24, 2.45) is 0 Å². The molecule has 3 aromatic rings. The summed E-state index contributed by atoms with van der Waals surface area (Å²) in [6, 6.07) is 12.9. The minimum Gasteiger partial charge on any atom is -0.459 e. The van der Waals surface area contributed by atoms with Crippen LogP contribution in [-0.4, -0.2) is 52.4 Å². The predicted octanol–water partition coefficient (Wildman–Crippen LogP) is 1.68. The highest BCUT2D eigenvalue weighted by Crippen LogP contribution is 2.34. The third kappa shape index (κ3) is 2.92. The molecule has 1 aromatic carbocycles. The molecule has 4 unspecified atom stereocenters. The first-order chi connectivity index (χ1) is 13.3. The number of ether oxygens (including phenoxy) is 2. The zero-order valence-electron chi connectivity index (χ0n) is 14.4. The molecule has 1 N–H and O–H groups in total. The molecule has 2 aliphatic heterocycles. The first-order valence-electron chi connectivity index (χ1n) is 8.84. The molecule has 8 heteroatoms. The first-order valence-corrected chi connectivity index (χ1v) is 8.84. The molecular formula is C19H18N4O4. The molecule has 1 amide bonds. The summed E-state index contributed by atoms with van der Waals surface area (Å²) < 4.78 is 18.8. The molecule has 0 spiro atoms. The second-order valence-electron chi connectivity index (χ2n) is 6.67. The quantitative estimate of drug-likeness (QED) is 0.755. The van der Waals surface area contributed by atoms with E-state index in [0.29, 0.717) is 13.2 Å². The topological polar surface area (TPSA) is 91.4 Å². The fourth-order valence-corrected chi connectivity index (χ4v) is 3.66. The number of hydrogen-bond donors (Lipinski definition) is 1. The van der Waals surface area contributed by atoms with Gasteiger partial charge in [-0.2, -0.15) is 0 Å². The zero-order valence-corrected chi connectivity index (χ0v) is 14.4. The van der Waals surface area contributed by atoms with Crippen LogP contribution in [0.1, 0.15) is 16.6 Å². The number of carbonyl (C=O) groups is 1. The van der Waals surface area contributed by atoms with E-state index in [2.05, 4.69) is 15.6 Å². The summed E-state index contributed by atoms with van der Waals surface area (Å²) in [6.45, 7) is 0.846. The molecule has 0 saturated carbocycles. The van der Waals surface area contributed by atoms with Gasteiger partial charge in [-0.3, -0.25) is 4.79 Å². The molecule has 2 fully saturated rings. The molecule has 2 aliphatic rings. The number of nitrogens with one attached hydrogen (secondary N) is 1. The minimum atomic E-state index is -0.270. The van der Waals surface area contributed by atoms with E-state index in [1.807, 2.05) is 36.5 Å². The highest BCUT2D eigenvalue weighted by Gasteiger charge is 2.49. The Morgan fingerprint density at radius 1 is 1.07 bits per heavy atom. The number of furan rings is 1. The number of benzene rings is 1. The van der Waals surface area contributed by atoms with Gasteiger partial charge in [-0.05, 0) is 12.1 Å². The molecule has 2 aromatic heterocycles. The van der Waals surface area contributed by atoms with E-state index >= 15 is 0 Å². The highest BCUT2D eigenvalue weighted by molar-refractivity contribution is 5.91. The van der Waals surface area contributed by atoms with E-state index in [0.717, 1.165) is 11.3 Å². The van der Waals surface area contributed by atoms with Crippen LogP contribution in [0.25, 0.3) is 11.3 Å². The monoisotopic (exact) mass is 366 g/mol. The summed E-state index contributed by atoms with van der Waals surface area (Å²) in [5.74, 6) is 0.00481. The molecule has 8 nitrogen and oxygen atoms in total. The maximum Gasteiger partial charge on any atom is 0.287 e. The Morgan fingerprint density at radius 2 is 1.93 bits per heavy atom. The van der Waals surface area contributed by atoms with Crippen LogP contribution in [-0.2, 0) is 9.47 Å². The van der Waals surface area contributed by atoms with Crippen LogP contribution in [0, 0.1) is 0 Å². The van der Waals surface area contributed by atoms with Gasteiger partial charge in [-0.15, -0.1) is 5.10 Å². The summed E-state index contributed by atoms with van der Waals surface area (Å²) in [7, 11) is 0. The molecule has 0 radical (unpaired) electrons. The second-order valence-corrected chi connectivity index (χ2v) is 6.67. The van der Waals surface area contributed by atoms with Gasteiger partial charge in [0.25, 0.3) is 5.91 Å². The lowest BCUT2D eigenvalue weighted by Gasteiger charge is -2.17. The number of aromatic nitrogens is 3. The zero-order chi connectivity index (χ0) is 18.2. The van der Waals surface area contributed by atoms with Gasteiger partial charge in [-0.25, -0.2) is 4.68 Å². The number of rotatable bonds is 4. The predicted molar refractivity (Wildman–Crippen MR) is 93.9 cm³/mol. The molecule has 5 rings (SSSR count). The van der Waals surface area contributed by atoms with E-state index in [1.165, 1.54) is 6.26 Å². The van der Waals surface area contributed by atoms with Crippen molar-refractivity contribution in [2.75, 3.05) is 13.2 Å². The van der Waals surface area contributed by atoms with Crippen LogP contribution in [0.4, 0.5) is 0 Å². The largest absolute Gasteiger partial charge is 0.459 e. The molecule has 138 valence electrons. The van der Waals surface area contributed by atoms with Gasteiger partial charge in [-0.1, -0.05) is 35.5 Å². The summed E-state index contributed by atoms with van der Waals surface area (Å²) in [6.07, 6.45) is 2.97. The SMILES string of the molecule is O=C(NC1COC2C1OCC2n1cc(-c2ccccc2)nn1)c1ccco1. The average Bonchev–Trinajstić information content (AvgIpc) is 3.47. The number of nitrogens with zero attached hydrogens (tertiary/aromatic N) is 3. The minimum absolute atomic E-state index is 0.0783. The highest BCUT2D eigenvalue weighted by atomic mass is 16.6. The van der Waals surface area contributed by atoms with Crippen molar-refractivity contribution in [3.05, 3.63) is 60.7 Å². The summed E-state index contributed by atoms with van der Waals surface area (Å²) in [4.78, 5) is 12.2. The standard InChI is InChI=1S/C19H18N4O4/c24-19(16-7-4-8-25-16)20-14-10-26-18-15(11-27-17(14)18)23-9-13(21-22-23)12-5-2-1-3-6-12/h1-9,14-15,17-18H,10-11H2,(H,20,24). The van der Waals surface area contributed by atoms with Gasteiger partial charge in [0.15, 0.2) is 5.76 Å². The van der Waals surface area contributed by atoms with E-state index < -0.39 is 0 Å². The fraction of sp³-hybridized carbons (Fsp3) is 0.316. The first kappa shape index (κ1) is 16.2. The Balaban J connectivity index is 1.29. The summed E-state index contributed by atoms with van der Waals surface area (Å²) >= 11 is 0. The van der Waals surface area contributed by atoms with Crippen LogP contribution in [0.2, 0.25) is 0 Å². The van der Waals surface area contributed by atoms with E-state index in [9.17, 15) is 4.79 Å². The Hall–Kier alpha value is -2.97. The van der Waals surface area contributed by atoms with Gasteiger partial charge in [0, 0.05) is 5.56 Å². The number of amides is 1. The molecule has 4 atom stereocenters. The van der Waals surface area contributed by atoms with Gasteiger partial charge in [0.05, 0.1) is 31.7 Å². The third-order valence-electron chi connectivity index (χ3n) is 5.01. The third-order valence-corrected chi connectivity index (χ3v) is 5.01. The van der Waals surface area contributed by atoms with Crippen molar-refractivity contribution in [3.63, 3.8) is 0 Å². The van der Waals surface area contributed by atoms with E-state index in [4.69, 9.17) is 13.9 Å². The Labute approximate surface area is 155 Å². The molecule has 0 aliphatic carbocycles. The van der Waals surface area contributed by atoms with Crippen LogP contribution in [0.5, 0.6) is 0 Å². The molecule has 0 bridgehead atoms. The van der Waals surface area contributed by atoms with Crippen molar-refractivity contribution in [1.29, 1.82) is 0 Å². The Morgan fingerprint density at radius 3 is 2.74 bits per heavy atom. The van der Waals surface area contributed by atoms with Crippen LogP contribution < -0.4 is 5.32 Å². The lowest BCUT2D eigenvalue weighted by atomic mass is 10.1. The maximum absolute atomic E-state index is 12.2. The maximum atomic E-state index is 12.2. The normalized spacial score (nSPS) is 26.8. The van der Waals surface area contributed by atoms with Gasteiger partial charge < -0.3 is 19.2 Å². The van der Waals surface area contributed by atoms with Crippen molar-refractivity contribution in [3.8, 4) is 11.3 Å². The molecule has 27 heavy (non-hydrogen) atoms. The molecule has 4 heterocycles. The summed E-state index contributed by atoms with van der Waals surface area (Å²) in [5.41, 5.74) is 1.81. The van der Waals surface area contributed by atoms with Crippen LogP contribution in [0.15, 0.2) is 59.3 Å². The molecule has 2 saturated heterocycles. The van der Waals surface area contributed by atoms with Crippen molar-refractivity contribution >= 4 is 5.91 Å².